The number of aromatic nitrogens is 1. The molecular formula is C16H11ClN2. The lowest BCUT2D eigenvalue weighted by atomic mass is 10.2. The van der Waals surface area contributed by atoms with Crippen LogP contribution in [-0.2, 0) is 6.54 Å². The van der Waals surface area contributed by atoms with Gasteiger partial charge in [-0.1, -0.05) is 29.8 Å². The molecule has 0 unspecified atom stereocenters. The summed E-state index contributed by atoms with van der Waals surface area (Å²) in [6, 6.07) is 17.7. The predicted molar refractivity (Wildman–Crippen MR) is 77.2 cm³/mol. The molecule has 0 spiro atoms. The normalized spacial score (nSPS) is 10.5. The Bertz CT molecular complexity index is 781. The van der Waals surface area contributed by atoms with Crippen molar-refractivity contribution in [1.29, 1.82) is 5.26 Å². The van der Waals surface area contributed by atoms with Gasteiger partial charge in [-0.25, -0.2) is 0 Å². The van der Waals surface area contributed by atoms with E-state index in [1.807, 2.05) is 54.7 Å². The number of nitrogens with zero attached hydrogens (tertiary/aromatic N) is 2. The molecule has 0 aliphatic carbocycles. The fourth-order valence-corrected chi connectivity index (χ4v) is 2.41. The molecule has 0 amide bonds. The predicted octanol–water partition coefficient (Wildman–Crippen LogP) is 4.21. The van der Waals surface area contributed by atoms with E-state index in [1.165, 1.54) is 0 Å². The van der Waals surface area contributed by atoms with Crippen LogP contribution in [0.3, 0.4) is 0 Å². The van der Waals surface area contributed by atoms with Gasteiger partial charge in [-0.3, -0.25) is 0 Å². The number of halogens is 1. The molecular weight excluding hydrogens is 256 g/mol. The Morgan fingerprint density at radius 3 is 2.74 bits per heavy atom. The van der Waals surface area contributed by atoms with E-state index in [0.717, 1.165) is 28.0 Å². The Morgan fingerprint density at radius 1 is 1.11 bits per heavy atom. The van der Waals surface area contributed by atoms with Gasteiger partial charge in [0.1, 0.15) is 0 Å². The summed E-state index contributed by atoms with van der Waals surface area (Å²) in [5.74, 6) is 0. The molecule has 2 nitrogen and oxygen atoms in total. The summed E-state index contributed by atoms with van der Waals surface area (Å²) in [6.45, 7) is 0.731. The molecule has 0 N–H and O–H groups in total. The minimum Gasteiger partial charge on any atom is -0.343 e. The van der Waals surface area contributed by atoms with E-state index in [2.05, 4.69) is 10.6 Å². The number of rotatable bonds is 2. The monoisotopic (exact) mass is 266 g/mol. The molecule has 0 atom stereocenters. The first kappa shape index (κ1) is 11.8. The largest absolute Gasteiger partial charge is 0.343 e. The van der Waals surface area contributed by atoms with Crippen LogP contribution in [0.5, 0.6) is 0 Å². The Hall–Kier alpha value is -2.24. The highest BCUT2D eigenvalue weighted by Gasteiger charge is 2.05. The summed E-state index contributed by atoms with van der Waals surface area (Å²) in [5, 5.41) is 10.8. The van der Waals surface area contributed by atoms with Crippen molar-refractivity contribution in [2.75, 3.05) is 0 Å². The first-order valence-electron chi connectivity index (χ1n) is 6.00. The molecule has 0 radical (unpaired) electrons. The van der Waals surface area contributed by atoms with E-state index in [1.54, 1.807) is 0 Å². The van der Waals surface area contributed by atoms with E-state index < -0.39 is 0 Å². The van der Waals surface area contributed by atoms with Gasteiger partial charge in [0.25, 0.3) is 0 Å². The maximum Gasteiger partial charge on any atom is 0.0991 e. The van der Waals surface area contributed by atoms with Gasteiger partial charge >= 0.3 is 0 Å². The second kappa shape index (κ2) is 4.79. The first-order chi connectivity index (χ1) is 9.28. The van der Waals surface area contributed by atoms with Crippen LogP contribution < -0.4 is 0 Å². The van der Waals surface area contributed by atoms with Crippen molar-refractivity contribution in [1.82, 2.24) is 4.57 Å². The van der Waals surface area contributed by atoms with Crippen molar-refractivity contribution < 1.29 is 0 Å². The summed E-state index contributed by atoms with van der Waals surface area (Å²) >= 11 is 6.18. The second-order valence-corrected chi connectivity index (χ2v) is 4.83. The SMILES string of the molecule is N#Cc1ccc2c(ccn2Cc2ccccc2Cl)c1. The van der Waals surface area contributed by atoms with Gasteiger partial charge in [0.05, 0.1) is 11.6 Å². The molecule has 0 bridgehead atoms. The highest BCUT2D eigenvalue weighted by atomic mass is 35.5. The molecule has 0 aliphatic heterocycles. The molecule has 0 saturated heterocycles. The molecule has 0 fully saturated rings. The van der Waals surface area contributed by atoms with Crippen LogP contribution in [0.25, 0.3) is 10.9 Å². The minimum absolute atomic E-state index is 0.683. The molecule has 3 rings (SSSR count). The summed E-state index contributed by atoms with van der Waals surface area (Å²) in [7, 11) is 0. The smallest absolute Gasteiger partial charge is 0.0991 e. The van der Waals surface area contributed by atoms with Crippen molar-refractivity contribution in [2.24, 2.45) is 0 Å². The van der Waals surface area contributed by atoms with E-state index in [9.17, 15) is 0 Å². The standard InChI is InChI=1S/C16H11ClN2/c17-15-4-2-1-3-14(15)11-19-8-7-13-9-12(10-18)5-6-16(13)19/h1-9H,11H2. The summed E-state index contributed by atoms with van der Waals surface area (Å²) in [6.07, 6.45) is 2.02. The van der Waals surface area contributed by atoms with Crippen molar-refractivity contribution >= 4 is 22.5 Å². The maximum absolute atomic E-state index is 8.90. The van der Waals surface area contributed by atoms with Crippen LogP contribution in [0.1, 0.15) is 11.1 Å². The fraction of sp³-hybridized carbons (Fsp3) is 0.0625. The molecule has 19 heavy (non-hydrogen) atoms. The van der Waals surface area contributed by atoms with Crippen LogP contribution in [0, 0.1) is 11.3 Å². The second-order valence-electron chi connectivity index (χ2n) is 4.42. The average molecular weight is 267 g/mol. The summed E-state index contributed by atoms with van der Waals surface area (Å²) in [5.41, 5.74) is 2.88. The first-order valence-corrected chi connectivity index (χ1v) is 6.38. The van der Waals surface area contributed by atoms with Crippen molar-refractivity contribution in [2.45, 2.75) is 6.54 Å². The van der Waals surface area contributed by atoms with E-state index in [0.29, 0.717) is 5.56 Å². The van der Waals surface area contributed by atoms with Crippen LogP contribution in [0.2, 0.25) is 5.02 Å². The summed E-state index contributed by atoms with van der Waals surface area (Å²) < 4.78 is 2.14. The van der Waals surface area contributed by atoms with Gasteiger partial charge in [-0.15, -0.1) is 0 Å². The molecule has 1 aromatic heterocycles. The average Bonchev–Trinajstić information content (AvgIpc) is 2.83. The molecule has 3 heteroatoms. The fourth-order valence-electron chi connectivity index (χ4n) is 2.22. The Kier molecular flexibility index (Phi) is 2.98. The Balaban J connectivity index is 2.03. The van der Waals surface area contributed by atoms with E-state index in [-0.39, 0.29) is 0 Å². The zero-order valence-corrected chi connectivity index (χ0v) is 10.9. The van der Waals surface area contributed by atoms with Crippen LogP contribution in [-0.4, -0.2) is 4.57 Å². The van der Waals surface area contributed by atoms with Gasteiger partial charge in [-0.05, 0) is 35.9 Å². The lowest BCUT2D eigenvalue weighted by Gasteiger charge is -2.07. The number of nitriles is 1. The molecule has 1 heterocycles. The lowest BCUT2D eigenvalue weighted by molar-refractivity contribution is 0.837. The number of benzene rings is 2. The molecule has 2 aromatic carbocycles. The highest BCUT2D eigenvalue weighted by Crippen LogP contribution is 2.21. The zero-order chi connectivity index (χ0) is 13.2. The molecule has 0 saturated carbocycles. The van der Waals surface area contributed by atoms with Crippen molar-refractivity contribution in [3.05, 3.63) is 70.9 Å². The van der Waals surface area contributed by atoms with Crippen molar-refractivity contribution in [3.63, 3.8) is 0 Å². The van der Waals surface area contributed by atoms with E-state index in [4.69, 9.17) is 16.9 Å². The zero-order valence-electron chi connectivity index (χ0n) is 10.2. The quantitative estimate of drug-likeness (QED) is 0.683. The third-order valence-corrected chi connectivity index (χ3v) is 3.57. The molecule has 0 aliphatic rings. The van der Waals surface area contributed by atoms with Crippen molar-refractivity contribution in [3.8, 4) is 6.07 Å². The number of fused-ring (bicyclic) bond motifs is 1. The third kappa shape index (κ3) is 2.21. The van der Waals surface area contributed by atoms with Crippen LogP contribution >= 0.6 is 11.6 Å². The Labute approximate surface area is 116 Å². The van der Waals surface area contributed by atoms with Gasteiger partial charge in [0.2, 0.25) is 0 Å². The lowest BCUT2D eigenvalue weighted by Crippen LogP contribution is -1.98. The summed E-state index contributed by atoms with van der Waals surface area (Å²) in [4.78, 5) is 0. The van der Waals surface area contributed by atoms with Crippen LogP contribution in [0.4, 0.5) is 0 Å². The van der Waals surface area contributed by atoms with Gasteiger partial charge < -0.3 is 4.57 Å². The molecule has 92 valence electrons. The van der Waals surface area contributed by atoms with Gasteiger partial charge in [0.15, 0.2) is 0 Å². The maximum atomic E-state index is 8.90. The van der Waals surface area contributed by atoms with Gasteiger partial charge in [-0.2, -0.15) is 5.26 Å². The molecule has 3 aromatic rings. The van der Waals surface area contributed by atoms with Gasteiger partial charge in [0, 0.05) is 28.7 Å². The van der Waals surface area contributed by atoms with Crippen LogP contribution in [0.15, 0.2) is 54.7 Å². The highest BCUT2D eigenvalue weighted by molar-refractivity contribution is 6.31. The third-order valence-electron chi connectivity index (χ3n) is 3.20. The minimum atomic E-state index is 0.683. The number of hydrogen-bond donors (Lipinski definition) is 0. The number of hydrogen-bond acceptors (Lipinski definition) is 1. The Morgan fingerprint density at radius 2 is 1.95 bits per heavy atom. The van der Waals surface area contributed by atoms with E-state index >= 15 is 0 Å². The topological polar surface area (TPSA) is 28.7 Å².